The van der Waals surface area contributed by atoms with Gasteiger partial charge in [0.2, 0.25) is 5.91 Å². The second-order valence-electron chi connectivity index (χ2n) is 4.97. The van der Waals surface area contributed by atoms with Crippen molar-refractivity contribution >= 4 is 5.91 Å². The Morgan fingerprint density at radius 2 is 2.05 bits per heavy atom. The topological polar surface area (TPSA) is 87.6 Å². The second kappa shape index (κ2) is 7.75. The number of carbonyl (C=O) groups is 1. The molecule has 1 aromatic rings. The average Bonchev–Trinajstić information content (AvgIpc) is 2.44. The number of ether oxygens (including phenoxy) is 2. The van der Waals surface area contributed by atoms with E-state index in [1.54, 1.807) is 14.0 Å². The van der Waals surface area contributed by atoms with Crippen molar-refractivity contribution in [3.63, 3.8) is 0 Å². The first-order valence-electron chi connectivity index (χ1n) is 6.82. The predicted octanol–water partition coefficient (Wildman–Crippen LogP) is 1.48. The lowest BCUT2D eigenvalue weighted by molar-refractivity contribution is -0.122. The molecule has 0 saturated heterocycles. The van der Waals surface area contributed by atoms with Crippen LogP contribution in [0.2, 0.25) is 0 Å². The van der Waals surface area contributed by atoms with Crippen LogP contribution in [-0.2, 0) is 11.2 Å². The normalized spacial score (nSPS) is 13.6. The summed E-state index contributed by atoms with van der Waals surface area (Å²) in [6.07, 6.45) is 1.72. The van der Waals surface area contributed by atoms with E-state index < -0.39 is 0 Å². The highest BCUT2D eigenvalue weighted by Gasteiger charge is 2.12. The molecular weight excluding hydrogens is 256 g/mol. The predicted molar refractivity (Wildman–Crippen MR) is 78.8 cm³/mol. The first-order valence-corrected chi connectivity index (χ1v) is 6.82. The highest BCUT2D eigenvalue weighted by Crippen LogP contribution is 2.29. The van der Waals surface area contributed by atoms with Gasteiger partial charge in [0.1, 0.15) is 0 Å². The zero-order valence-corrected chi connectivity index (χ0v) is 12.4. The molecule has 20 heavy (non-hydrogen) atoms. The van der Waals surface area contributed by atoms with Crippen molar-refractivity contribution in [3.05, 3.63) is 23.8 Å². The Morgan fingerprint density at radius 1 is 1.35 bits per heavy atom. The number of rotatable bonds is 8. The first-order chi connectivity index (χ1) is 9.47. The standard InChI is InChI=1S/C15H24N2O3/c1-4-12(16)7-11-5-6-13(14(8-11)19-3)20-9-10(2)15(17)18/h5-6,8,10,12H,4,7,9,16H2,1-3H3,(H2,17,18). The van der Waals surface area contributed by atoms with Gasteiger partial charge in [0.25, 0.3) is 0 Å². The van der Waals surface area contributed by atoms with E-state index in [1.807, 2.05) is 18.2 Å². The fraction of sp³-hybridized carbons (Fsp3) is 0.533. The zero-order valence-electron chi connectivity index (χ0n) is 12.4. The first kappa shape index (κ1) is 16.3. The van der Waals surface area contributed by atoms with Gasteiger partial charge in [0, 0.05) is 6.04 Å². The van der Waals surface area contributed by atoms with E-state index in [2.05, 4.69) is 6.92 Å². The average molecular weight is 280 g/mol. The van der Waals surface area contributed by atoms with Gasteiger partial charge in [0.15, 0.2) is 11.5 Å². The van der Waals surface area contributed by atoms with Crippen molar-refractivity contribution in [2.24, 2.45) is 17.4 Å². The molecule has 5 nitrogen and oxygen atoms in total. The van der Waals surface area contributed by atoms with Crippen molar-refractivity contribution in [1.82, 2.24) is 0 Å². The van der Waals surface area contributed by atoms with Crippen LogP contribution in [0.25, 0.3) is 0 Å². The van der Waals surface area contributed by atoms with Gasteiger partial charge in [-0.1, -0.05) is 19.9 Å². The molecule has 2 atom stereocenters. The van der Waals surface area contributed by atoms with Crippen molar-refractivity contribution in [2.75, 3.05) is 13.7 Å². The number of methoxy groups -OCH3 is 1. The third-order valence-electron chi connectivity index (χ3n) is 3.22. The lowest BCUT2D eigenvalue weighted by Crippen LogP contribution is -2.25. The molecule has 5 heteroatoms. The maximum atomic E-state index is 11.0. The Morgan fingerprint density at radius 3 is 2.60 bits per heavy atom. The molecule has 0 bridgehead atoms. The zero-order chi connectivity index (χ0) is 15.1. The smallest absolute Gasteiger partial charge is 0.223 e. The van der Waals surface area contributed by atoms with E-state index in [1.165, 1.54) is 0 Å². The lowest BCUT2D eigenvalue weighted by atomic mass is 10.0. The van der Waals surface area contributed by atoms with Gasteiger partial charge in [-0.25, -0.2) is 0 Å². The molecule has 1 rings (SSSR count). The summed E-state index contributed by atoms with van der Waals surface area (Å²) in [7, 11) is 1.59. The van der Waals surface area contributed by atoms with Gasteiger partial charge in [-0.2, -0.15) is 0 Å². The van der Waals surface area contributed by atoms with E-state index in [0.717, 1.165) is 18.4 Å². The van der Waals surface area contributed by atoms with Crippen molar-refractivity contribution in [2.45, 2.75) is 32.7 Å². The highest BCUT2D eigenvalue weighted by atomic mass is 16.5. The van der Waals surface area contributed by atoms with E-state index in [4.69, 9.17) is 20.9 Å². The van der Waals surface area contributed by atoms with Gasteiger partial charge in [0.05, 0.1) is 19.6 Å². The molecule has 0 aliphatic carbocycles. The molecule has 1 amide bonds. The number of hydrogen-bond acceptors (Lipinski definition) is 4. The molecule has 4 N–H and O–H groups in total. The fourth-order valence-electron chi connectivity index (χ4n) is 1.70. The summed E-state index contributed by atoms with van der Waals surface area (Å²) in [6, 6.07) is 5.85. The van der Waals surface area contributed by atoms with Crippen molar-refractivity contribution < 1.29 is 14.3 Å². The van der Waals surface area contributed by atoms with Crippen molar-refractivity contribution in [3.8, 4) is 11.5 Å². The summed E-state index contributed by atoms with van der Waals surface area (Å²) >= 11 is 0. The maximum Gasteiger partial charge on any atom is 0.223 e. The summed E-state index contributed by atoms with van der Waals surface area (Å²) in [5.74, 6) is 0.527. The fourth-order valence-corrected chi connectivity index (χ4v) is 1.70. The van der Waals surface area contributed by atoms with Gasteiger partial charge in [-0.3, -0.25) is 4.79 Å². The van der Waals surface area contributed by atoms with Crippen LogP contribution in [0.3, 0.4) is 0 Å². The Bertz CT molecular complexity index is 449. The molecule has 0 aromatic heterocycles. The SMILES string of the molecule is CCC(N)Cc1ccc(OCC(C)C(N)=O)c(OC)c1. The Hall–Kier alpha value is -1.75. The summed E-state index contributed by atoms with van der Waals surface area (Å²) in [5.41, 5.74) is 12.2. The van der Waals surface area contributed by atoms with Gasteiger partial charge in [-0.15, -0.1) is 0 Å². The summed E-state index contributed by atoms with van der Waals surface area (Å²) < 4.78 is 10.9. The molecule has 2 unspecified atom stereocenters. The van der Waals surface area contributed by atoms with Gasteiger partial charge < -0.3 is 20.9 Å². The quantitative estimate of drug-likeness (QED) is 0.755. The Balaban J connectivity index is 2.75. The van der Waals surface area contributed by atoms with Crippen LogP contribution in [0.1, 0.15) is 25.8 Å². The third kappa shape index (κ3) is 4.74. The molecule has 112 valence electrons. The maximum absolute atomic E-state index is 11.0. The lowest BCUT2D eigenvalue weighted by Gasteiger charge is -2.15. The summed E-state index contributed by atoms with van der Waals surface area (Å²) in [6.45, 7) is 4.02. The van der Waals surface area contributed by atoms with Crippen LogP contribution in [0.4, 0.5) is 0 Å². The monoisotopic (exact) mass is 280 g/mol. The van der Waals surface area contributed by atoms with Gasteiger partial charge in [-0.05, 0) is 30.5 Å². The Labute approximate surface area is 120 Å². The largest absolute Gasteiger partial charge is 0.493 e. The second-order valence-corrected chi connectivity index (χ2v) is 4.97. The van der Waals surface area contributed by atoms with Gasteiger partial charge >= 0.3 is 0 Å². The number of benzene rings is 1. The van der Waals surface area contributed by atoms with Crippen LogP contribution in [0.5, 0.6) is 11.5 Å². The van der Waals surface area contributed by atoms with Crippen molar-refractivity contribution in [1.29, 1.82) is 0 Å². The minimum absolute atomic E-state index is 0.140. The molecule has 0 fully saturated rings. The van der Waals surface area contributed by atoms with Crippen LogP contribution in [-0.4, -0.2) is 25.7 Å². The van der Waals surface area contributed by atoms with Crippen LogP contribution in [0.15, 0.2) is 18.2 Å². The van der Waals surface area contributed by atoms with Crippen LogP contribution in [0, 0.1) is 5.92 Å². The molecule has 0 heterocycles. The molecule has 1 aromatic carbocycles. The number of primary amides is 1. The summed E-state index contributed by atoms with van der Waals surface area (Å²) in [5, 5.41) is 0. The minimum Gasteiger partial charge on any atom is -0.493 e. The van der Waals surface area contributed by atoms with E-state index in [9.17, 15) is 4.79 Å². The third-order valence-corrected chi connectivity index (χ3v) is 3.22. The van der Waals surface area contributed by atoms with Crippen LogP contribution < -0.4 is 20.9 Å². The highest BCUT2D eigenvalue weighted by molar-refractivity contribution is 5.76. The number of nitrogens with two attached hydrogens (primary N) is 2. The van der Waals surface area contributed by atoms with E-state index in [0.29, 0.717) is 11.5 Å². The molecule has 0 saturated carbocycles. The number of amides is 1. The Kier molecular flexibility index (Phi) is 6.31. The molecule has 0 aliphatic rings. The summed E-state index contributed by atoms with van der Waals surface area (Å²) in [4.78, 5) is 11.0. The molecule has 0 aliphatic heterocycles. The molecule has 0 radical (unpaired) electrons. The molecular formula is C15H24N2O3. The number of carbonyl (C=O) groups excluding carboxylic acids is 1. The minimum atomic E-state index is -0.380. The van der Waals surface area contributed by atoms with E-state index in [-0.39, 0.29) is 24.5 Å². The van der Waals surface area contributed by atoms with E-state index >= 15 is 0 Å². The van der Waals surface area contributed by atoms with Crippen LogP contribution >= 0.6 is 0 Å². The number of hydrogen-bond donors (Lipinski definition) is 2. The molecule has 0 spiro atoms.